The Morgan fingerprint density at radius 3 is 2.75 bits per heavy atom. The van der Waals surface area contributed by atoms with Crippen LogP contribution in [0.15, 0.2) is 18.2 Å². The zero-order chi connectivity index (χ0) is 15.0. The summed E-state index contributed by atoms with van der Waals surface area (Å²) in [6.07, 6.45) is 0. The minimum absolute atomic E-state index is 0.379. The standard InChI is InChI=1S/C14H23N3O3/c1-17(2)7-9-20-8-6-16-13-10-11(14(18)19-3)4-5-12(13)15/h4-5,10,16H,6-9,15H2,1-3H3. The SMILES string of the molecule is COC(=O)c1ccc(N)c(NCCOCCN(C)C)c1. The number of hydrogen-bond donors (Lipinski definition) is 2. The third-order valence-corrected chi connectivity index (χ3v) is 2.72. The Balaban J connectivity index is 2.41. The number of carbonyl (C=O) groups is 1. The summed E-state index contributed by atoms with van der Waals surface area (Å²) in [5, 5.41) is 3.15. The minimum atomic E-state index is -0.379. The number of rotatable bonds is 8. The summed E-state index contributed by atoms with van der Waals surface area (Å²) in [6, 6.07) is 5.00. The highest BCUT2D eigenvalue weighted by molar-refractivity contribution is 5.91. The first kappa shape index (κ1) is 16.3. The molecule has 0 saturated carbocycles. The molecule has 0 saturated heterocycles. The second-order valence-electron chi connectivity index (χ2n) is 4.64. The van der Waals surface area contributed by atoms with Crippen molar-refractivity contribution in [1.29, 1.82) is 0 Å². The van der Waals surface area contributed by atoms with Crippen LogP contribution in [0.2, 0.25) is 0 Å². The van der Waals surface area contributed by atoms with Gasteiger partial charge >= 0.3 is 5.97 Å². The quantitative estimate of drug-likeness (QED) is 0.421. The molecule has 20 heavy (non-hydrogen) atoms. The molecule has 6 heteroatoms. The number of ether oxygens (including phenoxy) is 2. The van der Waals surface area contributed by atoms with E-state index in [9.17, 15) is 4.79 Å². The van der Waals surface area contributed by atoms with Gasteiger partial charge in [-0.3, -0.25) is 0 Å². The number of esters is 1. The normalized spacial score (nSPS) is 10.6. The molecule has 0 spiro atoms. The molecule has 0 radical (unpaired) electrons. The fourth-order valence-electron chi connectivity index (χ4n) is 1.56. The predicted octanol–water partition coefficient (Wildman–Crippen LogP) is 1.05. The summed E-state index contributed by atoms with van der Waals surface area (Å²) in [4.78, 5) is 13.5. The number of nitrogens with two attached hydrogens (primary N) is 1. The van der Waals surface area contributed by atoms with Gasteiger partial charge in [0.1, 0.15) is 0 Å². The number of likely N-dealkylation sites (N-methyl/N-ethyl adjacent to an activating group) is 1. The van der Waals surface area contributed by atoms with E-state index in [2.05, 4.69) is 15.0 Å². The number of nitrogens with zero attached hydrogens (tertiary/aromatic N) is 1. The lowest BCUT2D eigenvalue weighted by Gasteiger charge is -2.12. The Morgan fingerprint density at radius 2 is 2.10 bits per heavy atom. The highest BCUT2D eigenvalue weighted by Gasteiger charge is 2.08. The Labute approximate surface area is 119 Å². The second kappa shape index (κ2) is 8.39. The van der Waals surface area contributed by atoms with Crippen LogP contribution in [0.1, 0.15) is 10.4 Å². The molecular weight excluding hydrogens is 258 g/mol. The van der Waals surface area contributed by atoms with Crippen molar-refractivity contribution in [2.24, 2.45) is 0 Å². The van der Waals surface area contributed by atoms with Crippen molar-refractivity contribution in [3.05, 3.63) is 23.8 Å². The highest BCUT2D eigenvalue weighted by Crippen LogP contribution is 2.20. The van der Waals surface area contributed by atoms with Gasteiger partial charge in [0.2, 0.25) is 0 Å². The Morgan fingerprint density at radius 1 is 1.35 bits per heavy atom. The molecule has 0 amide bonds. The fraction of sp³-hybridized carbons (Fsp3) is 0.500. The molecule has 1 aromatic carbocycles. The molecule has 1 aromatic rings. The lowest BCUT2D eigenvalue weighted by molar-refractivity contribution is 0.0601. The number of methoxy groups -OCH3 is 1. The first-order valence-corrected chi connectivity index (χ1v) is 6.48. The summed E-state index contributed by atoms with van der Waals surface area (Å²) >= 11 is 0. The van der Waals surface area contributed by atoms with Gasteiger partial charge in [-0.25, -0.2) is 4.79 Å². The molecule has 0 aliphatic carbocycles. The van der Waals surface area contributed by atoms with Crippen molar-refractivity contribution in [2.75, 3.05) is 58.6 Å². The van der Waals surface area contributed by atoms with E-state index < -0.39 is 0 Å². The van der Waals surface area contributed by atoms with E-state index in [4.69, 9.17) is 10.5 Å². The third kappa shape index (κ3) is 5.46. The average molecular weight is 281 g/mol. The molecule has 0 aliphatic heterocycles. The van der Waals surface area contributed by atoms with Gasteiger partial charge in [0.25, 0.3) is 0 Å². The summed E-state index contributed by atoms with van der Waals surface area (Å²) in [5.41, 5.74) is 7.62. The van der Waals surface area contributed by atoms with Crippen LogP contribution in [0.5, 0.6) is 0 Å². The van der Waals surface area contributed by atoms with Crippen LogP contribution in [0.25, 0.3) is 0 Å². The van der Waals surface area contributed by atoms with E-state index in [1.807, 2.05) is 14.1 Å². The number of nitrogen functional groups attached to an aromatic ring is 1. The van der Waals surface area contributed by atoms with Gasteiger partial charge in [-0.2, -0.15) is 0 Å². The van der Waals surface area contributed by atoms with Crippen molar-refractivity contribution in [2.45, 2.75) is 0 Å². The molecule has 3 N–H and O–H groups in total. The van der Waals surface area contributed by atoms with E-state index in [1.54, 1.807) is 18.2 Å². The Kier molecular flexibility index (Phi) is 6.83. The lowest BCUT2D eigenvalue weighted by Crippen LogP contribution is -2.20. The summed E-state index contributed by atoms with van der Waals surface area (Å²) in [5.74, 6) is -0.379. The van der Waals surface area contributed by atoms with Crippen molar-refractivity contribution < 1.29 is 14.3 Å². The van der Waals surface area contributed by atoms with Crippen molar-refractivity contribution in [3.8, 4) is 0 Å². The molecule has 0 aliphatic rings. The zero-order valence-corrected chi connectivity index (χ0v) is 12.3. The highest BCUT2D eigenvalue weighted by atomic mass is 16.5. The van der Waals surface area contributed by atoms with Crippen LogP contribution in [0, 0.1) is 0 Å². The number of carbonyl (C=O) groups excluding carboxylic acids is 1. The molecule has 0 heterocycles. The van der Waals surface area contributed by atoms with E-state index in [0.29, 0.717) is 36.7 Å². The van der Waals surface area contributed by atoms with E-state index in [-0.39, 0.29) is 5.97 Å². The maximum absolute atomic E-state index is 11.4. The summed E-state index contributed by atoms with van der Waals surface area (Å²) < 4.78 is 10.1. The topological polar surface area (TPSA) is 76.8 Å². The first-order chi connectivity index (χ1) is 9.54. The number of benzene rings is 1. The largest absolute Gasteiger partial charge is 0.465 e. The molecule has 0 atom stereocenters. The minimum Gasteiger partial charge on any atom is -0.465 e. The predicted molar refractivity (Wildman–Crippen MR) is 80.1 cm³/mol. The van der Waals surface area contributed by atoms with E-state index in [1.165, 1.54) is 7.11 Å². The second-order valence-corrected chi connectivity index (χ2v) is 4.64. The van der Waals surface area contributed by atoms with Gasteiger partial charge in [0, 0.05) is 13.1 Å². The van der Waals surface area contributed by atoms with Crippen LogP contribution in [0.3, 0.4) is 0 Å². The van der Waals surface area contributed by atoms with Gasteiger partial charge in [-0.05, 0) is 32.3 Å². The molecule has 1 rings (SSSR count). The van der Waals surface area contributed by atoms with Gasteiger partial charge in [0.05, 0.1) is 37.3 Å². The monoisotopic (exact) mass is 281 g/mol. The molecule has 6 nitrogen and oxygen atoms in total. The van der Waals surface area contributed by atoms with Gasteiger partial charge < -0.3 is 25.4 Å². The van der Waals surface area contributed by atoms with E-state index in [0.717, 1.165) is 6.54 Å². The first-order valence-electron chi connectivity index (χ1n) is 6.48. The maximum Gasteiger partial charge on any atom is 0.337 e. The molecule has 0 bridgehead atoms. The van der Waals surface area contributed by atoms with Crippen LogP contribution in [0.4, 0.5) is 11.4 Å². The number of hydrogen-bond acceptors (Lipinski definition) is 6. The van der Waals surface area contributed by atoms with Crippen molar-refractivity contribution >= 4 is 17.3 Å². The molecule has 0 fully saturated rings. The molecular formula is C14H23N3O3. The van der Waals surface area contributed by atoms with Crippen molar-refractivity contribution in [1.82, 2.24) is 4.90 Å². The van der Waals surface area contributed by atoms with E-state index >= 15 is 0 Å². The number of anilines is 2. The summed E-state index contributed by atoms with van der Waals surface area (Å²) in [6.45, 7) is 2.78. The van der Waals surface area contributed by atoms with Gasteiger partial charge in [0.15, 0.2) is 0 Å². The average Bonchev–Trinajstić information content (AvgIpc) is 2.43. The van der Waals surface area contributed by atoms with Crippen molar-refractivity contribution in [3.63, 3.8) is 0 Å². The van der Waals surface area contributed by atoms with Gasteiger partial charge in [-0.1, -0.05) is 0 Å². The Hall–Kier alpha value is -1.79. The Bertz CT molecular complexity index is 436. The van der Waals surface area contributed by atoms with Crippen LogP contribution < -0.4 is 11.1 Å². The molecule has 0 aromatic heterocycles. The van der Waals surface area contributed by atoms with Crippen LogP contribution >= 0.6 is 0 Å². The zero-order valence-electron chi connectivity index (χ0n) is 12.3. The van der Waals surface area contributed by atoms with Gasteiger partial charge in [-0.15, -0.1) is 0 Å². The molecule has 112 valence electrons. The lowest BCUT2D eigenvalue weighted by atomic mass is 10.1. The fourth-order valence-corrected chi connectivity index (χ4v) is 1.56. The van der Waals surface area contributed by atoms with Crippen LogP contribution in [-0.4, -0.2) is 58.4 Å². The smallest absolute Gasteiger partial charge is 0.337 e. The molecule has 0 unspecified atom stereocenters. The third-order valence-electron chi connectivity index (χ3n) is 2.72. The maximum atomic E-state index is 11.4. The number of nitrogens with one attached hydrogen (secondary N) is 1. The summed E-state index contributed by atoms with van der Waals surface area (Å²) in [7, 11) is 5.35. The van der Waals surface area contributed by atoms with Crippen LogP contribution in [-0.2, 0) is 9.47 Å².